The topological polar surface area (TPSA) is 44.8 Å². The minimum Gasteiger partial charge on any atom is -0.377 e. The van der Waals surface area contributed by atoms with Crippen LogP contribution in [-0.4, -0.2) is 74.7 Å². The Morgan fingerprint density at radius 1 is 1.28 bits per heavy atom. The van der Waals surface area contributed by atoms with Crippen molar-refractivity contribution in [3.8, 4) is 0 Å². The molecule has 1 heterocycles. The molecule has 0 bridgehead atoms. The molecule has 0 aromatic rings. The first-order chi connectivity index (χ1) is 8.65. The van der Waals surface area contributed by atoms with Gasteiger partial charge in [0, 0.05) is 39.8 Å². The largest absolute Gasteiger partial charge is 0.377 e. The van der Waals surface area contributed by atoms with Crippen molar-refractivity contribution in [3.05, 3.63) is 0 Å². The number of hydrogen-bond acceptors (Lipinski definition) is 4. The standard InChI is InChI=1S/C13H25N3O2/c1-15-6-8-16(9-7-15)12(17)10-14-11-13(18-2)4-3-5-13/h14H,3-11H2,1-2H3. The molecule has 5 heteroatoms. The SMILES string of the molecule is COC1(CNCC(=O)N2CCN(C)CC2)CCC1. The number of piperazine rings is 1. The van der Waals surface area contributed by atoms with E-state index in [0.29, 0.717) is 6.54 Å². The Labute approximate surface area is 109 Å². The van der Waals surface area contributed by atoms with Crippen molar-refractivity contribution in [2.24, 2.45) is 0 Å². The number of rotatable bonds is 5. The van der Waals surface area contributed by atoms with Gasteiger partial charge in [-0.1, -0.05) is 0 Å². The van der Waals surface area contributed by atoms with Crippen molar-refractivity contribution in [1.82, 2.24) is 15.1 Å². The third kappa shape index (κ3) is 3.22. The normalized spacial score (nSPS) is 23.8. The van der Waals surface area contributed by atoms with Crippen LogP contribution >= 0.6 is 0 Å². The van der Waals surface area contributed by atoms with E-state index >= 15 is 0 Å². The van der Waals surface area contributed by atoms with Crippen molar-refractivity contribution in [3.63, 3.8) is 0 Å². The molecule has 1 saturated heterocycles. The minimum absolute atomic E-state index is 0.00238. The summed E-state index contributed by atoms with van der Waals surface area (Å²) < 4.78 is 5.52. The van der Waals surface area contributed by atoms with Gasteiger partial charge in [-0.3, -0.25) is 4.79 Å². The summed E-state index contributed by atoms with van der Waals surface area (Å²) in [5, 5.41) is 3.26. The number of carbonyl (C=O) groups is 1. The number of methoxy groups -OCH3 is 1. The molecule has 0 atom stereocenters. The fourth-order valence-electron chi connectivity index (χ4n) is 2.59. The fourth-order valence-corrected chi connectivity index (χ4v) is 2.59. The Balaban J connectivity index is 1.65. The van der Waals surface area contributed by atoms with Gasteiger partial charge < -0.3 is 19.9 Å². The molecular weight excluding hydrogens is 230 g/mol. The molecule has 0 radical (unpaired) electrons. The predicted octanol–water partition coefficient (Wildman–Crippen LogP) is -0.0809. The van der Waals surface area contributed by atoms with Gasteiger partial charge in [0.15, 0.2) is 0 Å². The van der Waals surface area contributed by atoms with Gasteiger partial charge in [-0.2, -0.15) is 0 Å². The first kappa shape index (κ1) is 13.8. The Morgan fingerprint density at radius 3 is 2.44 bits per heavy atom. The molecule has 5 nitrogen and oxygen atoms in total. The van der Waals surface area contributed by atoms with Crippen molar-refractivity contribution in [2.75, 3.05) is 53.4 Å². The average Bonchev–Trinajstić information content (AvgIpc) is 2.33. The summed E-state index contributed by atoms with van der Waals surface area (Å²) in [6.07, 6.45) is 3.46. The van der Waals surface area contributed by atoms with Crippen molar-refractivity contribution < 1.29 is 9.53 Å². The molecule has 0 spiro atoms. The van der Waals surface area contributed by atoms with E-state index in [0.717, 1.165) is 45.6 Å². The average molecular weight is 255 g/mol. The molecule has 0 aromatic heterocycles. The highest BCUT2D eigenvalue weighted by Crippen LogP contribution is 2.34. The molecule has 0 aromatic carbocycles. The van der Waals surface area contributed by atoms with Crippen LogP contribution in [0.1, 0.15) is 19.3 Å². The molecule has 1 aliphatic carbocycles. The van der Waals surface area contributed by atoms with Gasteiger partial charge in [0.1, 0.15) is 0 Å². The van der Waals surface area contributed by atoms with Crippen LogP contribution in [0.5, 0.6) is 0 Å². The quantitative estimate of drug-likeness (QED) is 0.746. The van der Waals surface area contributed by atoms with Crippen LogP contribution < -0.4 is 5.32 Å². The van der Waals surface area contributed by atoms with Gasteiger partial charge in [0.05, 0.1) is 12.1 Å². The second kappa shape index (κ2) is 5.99. The minimum atomic E-state index is 0.00238. The Morgan fingerprint density at radius 2 is 1.94 bits per heavy atom. The maximum absolute atomic E-state index is 12.0. The van der Waals surface area contributed by atoms with Gasteiger partial charge >= 0.3 is 0 Å². The summed E-state index contributed by atoms with van der Waals surface area (Å²) in [5.74, 6) is 0.216. The van der Waals surface area contributed by atoms with Crippen LogP contribution in [0.4, 0.5) is 0 Å². The highest BCUT2D eigenvalue weighted by molar-refractivity contribution is 5.78. The maximum atomic E-state index is 12.0. The number of amides is 1. The number of likely N-dealkylation sites (N-methyl/N-ethyl adjacent to an activating group) is 1. The molecule has 0 unspecified atom stereocenters. The number of nitrogens with zero attached hydrogens (tertiary/aromatic N) is 2. The number of carbonyl (C=O) groups excluding carboxylic acids is 1. The summed E-state index contributed by atoms with van der Waals surface area (Å²) in [5.41, 5.74) is 0.00238. The van der Waals surface area contributed by atoms with Gasteiger partial charge in [0.25, 0.3) is 0 Å². The van der Waals surface area contributed by atoms with Crippen LogP contribution in [0.2, 0.25) is 0 Å². The molecule has 1 amide bonds. The lowest BCUT2D eigenvalue weighted by Crippen LogP contribution is -2.52. The molecular formula is C13H25N3O2. The van der Waals surface area contributed by atoms with E-state index in [4.69, 9.17) is 4.74 Å². The van der Waals surface area contributed by atoms with Crippen LogP contribution in [0.3, 0.4) is 0 Å². The monoisotopic (exact) mass is 255 g/mol. The van der Waals surface area contributed by atoms with Gasteiger partial charge in [-0.25, -0.2) is 0 Å². The number of hydrogen-bond donors (Lipinski definition) is 1. The van der Waals surface area contributed by atoms with E-state index in [-0.39, 0.29) is 11.5 Å². The molecule has 104 valence electrons. The second-order valence-electron chi connectivity index (χ2n) is 5.53. The van der Waals surface area contributed by atoms with E-state index in [1.807, 2.05) is 4.90 Å². The zero-order valence-electron chi connectivity index (χ0n) is 11.6. The third-order valence-electron chi connectivity index (χ3n) is 4.28. The molecule has 1 aliphatic heterocycles. The van der Waals surface area contributed by atoms with E-state index in [1.54, 1.807) is 7.11 Å². The Kier molecular flexibility index (Phi) is 4.59. The summed E-state index contributed by atoms with van der Waals surface area (Å²) >= 11 is 0. The van der Waals surface area contributed by atoms with E-state index < -0.39 is 0 Å². The third-order valence-corrected chi connectivity index (χ3v) is 4.28. The van der Waals surface area contributed by atoms with E-state index in [1.165, 1.54) is 6.42 Å². The first-order valence-corrected chi connectivity index (χ1v) is 6.87. The highest BCUT2D eigenvalue weighted by Gasteiger charge is 2.36. The maximum Gasteiger partial charge on any atom is 0.236 e. The van der Waals surface area contributed by atoms with Crippen molar-refractivity contribution in [1.29, 1.82) is 0 Å². The molecule has 1 N–H and O–H groups in total. The lowest BCUT2D eigenvalue weighted by Gasteiger charge is -2.40. The van der Waals surface area contributed by atoms with Crippen molar-refractivity contribution >= 4 is 5.91 Å². The van der Waals surface area contributed by atoms with E-state index in [2.05, 4.69) is 17.3 Å². The van der Waals surface area contributed by atoms with Crippen LogP contribution in [0, 0.1) is 0 Å². The molecule has 2 fully saturated rings. The lowest BCUT2D eigenvalue weighted by atomic mass is 9.80. The number of nitrogens with one attached hydrogen (secondary N) is 1. The predicted molar refractivity (Wildman–Crippen MR) is 70.5 cm³/mol. The smallest absolute Gasteiger partial charge is 0.236 e. The lowest BCUT2D eigenvalue weighted by molar-refractivity contribution is -0.132. The van der Waals surface area contributed by atoms with E-state index in [9.17, 15) is 4.79 Å². The highest BCUT2D eigenvalue weighted by atomic mass is 16.5. The molecule has 2 rings (SSSR count). The molecule has 18 heavy (non-hydrogen) atoms. The van der Waals surface area contributed by atoms with Gasteiger partial charge in [-0.05, 0) is 26.3 Å². The number of ether oxygens (including phenoxy) is 1. The van der Waals surface area contributed by atoms with Crippen molar-refractivity contribution in [2.45, 2.75) is 24.9 Å². The first-order valence-electron chi connectivity index (χ1n) is 6.87. The van der Waals surface area contributed by atoms with Gasteiger partial charge in [-0.15, -0.1) is 0 Å². The summed E-state index contributed by atoms with van der Waals surface area (Å²) in [4.78, 5) is 16.2. The van der Waals surface area contributed by atoms with Crippen LogP contribution in [0.15, 0.2) is 0 Å². The zero-order chi connectivity index (χ0) is 13.0. The second-order valence-corrected chi connectivity index (χ2v) is 5.53. The Bertz CT molecular complexity index is 278. The molecule has 2 aliphatic rings. The summed E-state index contributed by atoms with van der Waals surface area (Å²) in [6.45, 7) is 4.90. The Hall–Kier alpha value is -0.650. The summed E-state index contributed by atoms with van der Waals surface area (Å²) in [6, 6.07) is 0. The van der Waals surface area contributed by atoms with Gasteiger partial charge in [0.2, 0.25) is 5.91 Å². The van der Waals surface area contributed by atoms with Crippen LogP contribution in [-0.2, 0) is 9.53 Å². The zero-order valence-corrected chi connectivity index (χ0v) is 11.6. The van der Waals surface area contributed by atoms with Crippen LogP contribution in [0.25, 0.3) is 0 Å². The molecule has 1 saturated carbocycles. The summed E-state index contributed by atoms with van der Waals surface area (Å²) in [7, 11) is 3.86. The fraction of sp³-hybridized carbons (Fsp3) is 0.923.